The first-order valence-electron chi connectivity index (χ1n) is 21.8. The highest BCUT2D eigenvalue weighted by Crippen LogP contribution is 2.47. The number of methoxy groups -OCH3 is 1. The van der Waals surface area contributed by atoms with Gasteiger partial charge in [0.15, 0.2) is 17.2 Å². The Morgan fingerprint density at radius 1 is 0.494 bits per heavy atom. The molecule has 8 aromatic rings. The zero-order valence-corrected chi connectivity index (χ0v) is 44.8. The highest BCUT2D eigenvalue weighted by atomic mass is 32.2. The van der Waals surface area contributed by atoms with Gasteiger partial charge < -0.3 is 25.2 Å². The van der Waals surface area contributed by atoms with Crippen molar-refractivity contribution in [1.82, 2.24) is 9.78 Å². The summed E-state index contributed by atoms with van der Waals surface area (Å²) in [6.07, 6.45) is 0. The number of hydrogen-bond acceptors (Lipinski definition) is 24. The van der Waals surface area contributed by atoms with Crippen molar-refractivity contribution in [3.8, 4) is 28.8 Å². The quantitative estimate of drug-likeness (QED) is 0.0321. The Kier molecular flexibility index (Phi) is 15.2. The first kappa shape index (κ1) is 58.0. The normalized spacial score (nSPS) is 13.0. The standard InChI is InChI=1S/C45H34N10O21S5/c1-20-12-32(34(76-3)19-31(20)48-46-29-11-9-25(77(61,62)63)17-28(29)45(59)60)49-53-41-38(81(73,74)75)16-23-14-36(79(67,68)69)33(18-27(23)43(41)57)50-51-39-21(2)54-55(44(39)58)24-8-10-26-22(13-24)15-37(80(70,71)72)40(42(26)56)52-47-30-6-4-5-7-35(30)78(64,65)66/h4-19,56-58H,1-3H3,(H,59,60)(H,61,62,63)(H,64,65,66)(H,67,68,69)(H,70,71,72)(H,73,74,75). The number of benzene rings is 7. The van der Waals surface area contributed by atoms with Gasteiger partial charge in [0.1, 0.15) is 59.5 Å². The number of aromatic hydroxyl groups is 3. The van der Waals surface area contributed by atoms with Crippen molar-refractivity contribution >= 4 is 124 Å². The summed E-state index contributed by atoms with van der Waals surface area (Å²) in [4.78, 5) is 7.22. The van der Waals surface area contributed by atoms with Gasteiger partial charge in [0.25, 0.3) is 50.6 Å². The second-order valence-electron chi connectivity index (χ2n) is 16.7. The number of nitrogens with zero attached hydrogens (tertiary/aromatic N) is 10. The van der Waals surface area contributed by atoms with Crippen LogP contribution in [0.3, 0.4) is 0 Å². The van der Waals surface area contributed by atoms with Gasteiger partial charge in [-0.25, -0.2) is 4.79 Å². The SMILES string of the molecule is COc1cc(N=Nc2ccc(S(=O)(=O)O)cc2C(=O)O)c(C)cc1N=Nc1c(S(=O)(=O)O)cc2cc(S(=O)(=O)O)c(N=Nc3c(C)nn(-c4ccc5c(O)c(N=Nc6ccccc6S(=O)(=O)O)c(S(=O)(=O)O)cc5c4)c3O)cc2c1O. The van der Waals surface area contributed by atoms with E-state index in [1.807, 2.05) is 0 Å². The number of ether oxygens (including phenoxy) is 1. The topological polar surface area (TPSA) is 496 Å². The minimum Gasteiger partial charge on any atom is -0.505 e. The van der Waals surface area contributed by atoms with Crippen molar-refractivity contribution < 1.29 is 94.8 Å². The molecule has 36 heteroatoms. The minimum atomic E-state index is -5.35. The molecule has 7 aromatic carbocycles. The molecule has 0 atom stereocenters. The number of hydrogen-bond donors (Lipinski definition) is 9. The van der Waals surface area contributed by atoms with Crippen LogP contribution in [0.4, 0.5) is 45.5 Å². The smallest absolute Gasteiger partial charge is 0.338 e. The summed E-state index contributed by atoms with van der Waals surface area (Å²) in [5, 5.41) is 77.7. The summed E-state index contributed by atoms with van der Waals surface area (Å²) in [6, 6.07) is 16.3. The molecule has 0 bridgehead atoms. The number of phenolic OH excluding ortho intramolecular Hbond substituents is 2. The molecule has 81 heavy (non-hydrogen) atoms. The first-order valence-corrected chi connectivity index (χ1v) is 29.0. The molecule has 9 N–H and O–H groups in total. The molecule has 0 aliphatic carbocycles. The van der Waals surface area contributed by atoms with Crippen LogP contribution >= 0.6 is 0 Å². The van der Waals surface area contributed by atoms with Crippen molar-refractivity contribution in [2.24, 2.45) is 40.9 Å². The van der Waals surface area contributed by atoms with Gasteiger partial charge in [-0.15, -0.1) is 35.8 Å². The number of carboxylic acid groups (broad SMARTS) is 1. The van der Waals surface area contributed by atoms with E-state index in [4.69, 9.17) is 4.74 Å². The van der Waals surface area contributed by atoms with Crippen LogP contribution in [0.1, 0.15) is 21.6 Å². The molecule has 31 nitrogen and oxygen atoms in total. The largest absolute Gasteiger partial charge is 0.505 e. The van der Waals surface area contributed by atoms with Gasteiger partial charge in [0.2, 0.25) is 5.88 Å². The van der Waals surface area contributed by atoms with Crippen molar-refractivity contribution in [2.45, 2.75) is 38.3 Å². The average Bonchev–Trinajstić information content (AvgIpc) is 3.66. The fraction of sp³-hybridized carbons (Fsp3) is 0.0667. The zero-order chi connectivity index (χ0) is 59.5. The summed E-state index contributed by atoms with van der Waals surface area (Å²) < 4.78 is 179. The van der Waals surface area contributed by atoms with Crippen LogP contribution < -0.4 is 4.74 Å². The van der Waals surface area contributed by atoms with Gasteiger partial charge in [-0.05, 0) is 109 Å². The second-order valence-corrected chi connectivity index (χ2v) is 23.7. The molecule has 0 fully saturated rings. The number of carboxylic acids is 1. The van der Waals surface area contributed by atoms with Crippen LogP contribution in [0.2, 0.25) is 0 Å². The van der Waals surface area contributed by atoms with Crippen molar-refractivity contribution in [2.75, 3.05) is 7.11 Å². The third-order valence-electron chi connectivity index (χ3n) is 11.4. The molecule has 0 spiro atoms. The van der Waals surface area contributed by atoms with Crippen molar-refractivity contribution in [3.05, 3.63) is 114 Å². The van der Waals surface area contributed by atoms with Crippen molar-refractivity contribution in [1.29, 1.82) is 0 Å². The lowest BCUT2D eigenvalue weighted by Gasteiger charge is -2.12. The Hall–Kier alpha value is -9.11. The lowest BCUT2D eigenvalue weighted by molar-refractivity contribution is 0.0697. The Labute approximate surface area is 455 Å². The van der Waals surface area contributed by atoms with Gasteiger partial charge in [0.05, 0.1) is 34.6 Å². The molecule has 420 valence electrons. The fourth-order valence-corrected chi connectivity index (χ4v) is 10.7. The first-order chi connectivity index (χ1) is 37.7. The van der Waals surface area contributed by atoms with E-state index < -0.39 is 143 Å². The van der Waals surface area contributed by atoms with E-state index in [-0.39, 0.29) is 50.5 Å². The molecule has 1 aromatic heterocycles. The third-order valence-corrected chi connectivity index (χ3v) is 15.8. The maximum atomic E-state index is 12.8. The number of aromatic nitrogens is 2. The lowest BCUT2D eigenvalue weighted by Crippen LogP contribution is -2.02. The number of carbonyl (C=O) groups is 1. The van der Waals surface area contributed by atoms with Crippen LogP contribution in [0.15, 0.2) is 162 Å². The summed E-state index contributed by atoms with van der Waals surface area (Å²) in [7, 11) is -24.3. The van der Waals surface area contributed by atoms with E-state index in [9.17, 15) is 90.1 Å². The molecule has 0 aliphatic heterocycles. The van der Waals surface area contributed by atoms with E-state index in [1.54, 1.807) is 0 Å². The van der Waals surface area contributed by atoms with Crippen LogP contribution in [-0.4, -0.2) is 108 Å². The monoisotopic (exact) mass is 1210 g/mol. The van der Waals surface area contributed by atoms with Crippen LogP contribution in [0, 0.1) is 13.8 Å². The molecule has 1 heterocycles. The van der Waals surface area contributed by atoms with Crippen LogP contribution in [0.5, 0.6) is 23.1 Å². The zero-order valence-electron chi connectivity index (χ0n) is 40.7. The average molecular weight is 1210 g/mol. The lowest BCUT2D eigenvalue weighted by atomic mass is 10.1. The highest BCUT2D eigenvalue weighted by Gasteiger charge is 2.28. The number of aromatic carboxylic acids is 1. The van der Waals surface area contributed by atoms with Crippen LogP contribution in [0.25, 0.3) is 27.2 Å². The Morgan fingerprint density at radius 3 is 1.59 bits per heavy atom. The maximum absolute atomic E-state index is 12.8. The van der Waals surface area contributed by atoms with Gasteiger partial charge in [-0.1, -0.05) is 12.1 Å². The van der Waals surface area contributed by atoms with E-state index in [0.717, 1.165) is 41.1 Å². The fourth-order valence-electron chi connectivity index (χ4n) is 7.63. The molecular weight excluding hydrogens is 1180 g/mol. The summed E-state index contributed by atoms with van der Waals surface area (Å²) >= 11 is 0. The number of rotatable bonds is 16. The van der Waals surface area contributed by atoms with E-state index >= 15 is 0 Å². The molecule has 0 aliphatic rings. The number of aryl methyl sites for hydroxylation is 2. The number of fused-ring (bicyclic) bond motifs is 2. The molecule has 0 radical (unpaired) electrons. The highest BCUT2D eigenvalue weighted by molar-refractivity contribution is 7.87. The molecule has 0 saturated heterocycles. The predicted octanol–water partition coefficient (Wildman–Crippen LogP) is 9.51. The molecular formula is C45H34N10O21S5. The molecule has 0 unspecified atom stereocenters. The Morgan fingerprint density at radius 2 is 1.01 bits per heavy atom. The molecule has 0 amide bonds. The van der Waals surface area contributed by atoms with Gasteiger partial charge in [-0.3, -0.25) is 22.8 Å². The Balaban J connectivity index is 1.17. The Bertz CT molecular complexity index is 4760. The van der Waals surface area contributed by atoms with Gasteiger partial charge in [0, 0.05) is 16.8 Å². The van der Waals surface area contributed by atoms with E-state index in [2.05, 4.69) is 46.0 Å². The van der Waals surface area contributed by atoms with Gasteiger partial charge in [-0.2, -0.15) is 57.0 Å². The number of azo groups is 4. The van der Waals surface area contributed by atoms with Crippen molar-refractivity contribution in [3.63, 3.8) is 0 Å². The summed E-state index contributed by atoms with van der Waals surface area (Å²) in [5.41, 5.74) is -4.51. The minimum absolute atomic E-state index is 0.0241. The number of phenols is 2. The van der Waals surface area contributed by atoms with E-state index in [1.165, 1.54) is 63.4 Å². The van der Waals surface area contributed by atoms with Gasteiger partial charge >= 0.3 is 5.97 Å². The van der Waals surface area contributed by atoms with E-state index in [0.29, 0.717) is 18.2 Å². The molecule has 8 rings (SSSR count). The van der Waals surface area contributed by atoms with Crippen LogP contribution in [-0.2, 0) is 50.6 Å². The summed E-state index contributed by atoms with van der Waals surface area (Å²) in [6.45, 7) is 2.77. The predicted molar refractivity (Wildman–Crippen MR) is 278 cm³/mol. The third kappa shape index (κ3) is 11.9. The second kappa shape index (κ2) is 21.2. The summed E-state index contributed by atoms with van der Waals surface area (Å²) in [5.74, 6) is -4.50. The molecule has 0 saturated carbocycles. The maximum Gasteiger partial charge on any atom is 0.338 e.